The summed E-state index contributed by atoms with van der Waals surface area (Å²) >= 11 is 35.1. The van der Waals surface area contributed by atoms with Crippen LogP contribution >= 0.6 is 81.4 Å². The van der Waals surface area contributed by atoms with Gasteiger partial charge in [0.2, 0.25) is 6.92 Å². The molecule has 0 aliphatic rings. The molecule has 2 atom stereocenters. The van der Waals surface area contributed by atoms with Crippen LogP contribution in [-0.4, -0.2) is 55.5 Å². The van der Waals surface area contributed by atoms with Crippen LogP contribution in [0.15, 0.2) is 72.8 Å². The van der Waals surface area contributed by atoms with Gasteiger partial charge in [-0.05, 0) is 42.2 Å². The molecular weight excluding hydrogens is 795 g/mol. The normalized spacial score (nSPS) is 12.6. The number of halogens is 6. The minimum absolute atomic E-state index is 0.0954. The number of ether oxygens (including phenoxy) is 1. The summed E-state index contributed by atoms with van der Waals surface area (Å²) in [6, 6.07) is 17.6. The van der Waals surface area contributed by atoms with Crippen molar-refractivity contribution in [3.05, 3.63) is 95.1 Å². The third kappa shape index (κ3) is 15.6. The first kappa shape index (κ1) is 41.6. The zero-order valence-electron chi connectivity index (χ0n) is 26.5. The maximum Gasteiger partial charge on any atom is 0.347 e. The summed E-state index contributed by atoms with van der Waals surface area (Å²) in [6.45, 7) is 3.22. The van der Waals surface area contributed by atoms with E-state index in [1.54, 1.807) is 74.5 Å². The second-order valence-corrected chi connectivity index (χ2v) is 17.3. The molecule has 0 unspecified atom stereocenters. The van der Waals surface area contributed by atoms with Crippen molar-refractivity contribution in [1.82, 2.24) is 16.1 Å². The number of carbonyl (C=O) groups excluding carboxylic acids is 4. The molecule has 270 valence electrons. The average Bonchev–Trinajstić information content (AvgIpc) is 3.02. The van der Waals surface area contributed by atoms with Crippen molar-refractivity contribution in [3.63, 3.8) is 0 Å². The van der Waals surface area contributed by atoms with Crippen LogP contribution in [0.4, 0.5) is 21.0 Å². The van der Waals surface area contributed by atoms with Gasteiger partial charge in [-0.1, -0.05) is 148 Å². The van der Waals surface area contributed by atoms with Gasteiger partial charge in [-0.15, -0.1) is 5.48 Å². The van der Waals surface area contributed by atoms with Gasteiger partial charge in [0.1, 0.15) is 18.0 Å². The van der Waals surface area contributed by atoms with Crippen LogP contribution in [-0.2, 0) is 32.0 Å². The fraction of sp³-hybridized carbons (Fsp3) is 0.312. The lowest BCUT2D eigenvalue weighted by Gasteiger charge is -2.21. The van der Waals surface area contributed by atoms with Gasteiger partial charge in [-0.3, -0.25) is 0 Å². The molecule has 4 amide bonds. The predicted molar refractivity (Wildman–Crippen MR) is 201 cm³/mol. The van der Waals surface area contributed by atoms with Crippen LogP contribution in [0.3, 0.4) is 0 Å². The number of thioether (sulfide) groups is 1. The summed E-state index contributed by atoms with van der Waals surface area (Å²) < 4.78 is 1.84. The summed E-state index contributed by atoms with van der Waals surface area (Å²) in [7, 11) is 0. The third-order valence-electron chi connectivity index (χ3n) is 6.68. The van der Waals surface area contributed by atoms with E-state index >= 15 is 0 Å². The van der Waals surface area contributed by atoms with Gasteiger partial charge in [0.25, 0.3) is 0 Å². The van der Waals surface area contributed by atoms with E-state index in [9.17, 15) is 19.2 Å². The number of anilines is 2. The maximum atomic E-state index is 13.2. The molecule has 0 fully saturated rings. The van der Waals surface area contributed by atoms with Crippen molar-refractivity contribution in [2.45, 2.75) is 45.7 Å². The number of esters is 1. The number of hydrogen-bond acceptors (Lipinski definition) is 8. The Balaban J connectivity index is 1.71. The van der Waals surface area contributed by atoms with Crippen LogP contribution in [0, 0.1) is 13.8 Å². The Kier molecular flexibility index (Phi) is 16.4. The van der Waals surface area contributed by atoms with E-state index in [0.29, 0.717) is 22.5 Å². The zero-order chi connectivity index (χ0) is 36.9. The SMILES string of the molecule is Cc1cc(C)c(NC(=O)N[C@@H](Cc2ccccc2)C(=O)ONCC(Cl)(Cl)Cl)cc1NC(=O)N[C@@H](Cc1ccccc1)C(=O)OCSC(Cl)(Cl)Cl. The van der Waals surface area contributed by atoms with Gasteiger partial charge in [0, 0.05) is 24.2 Å². The molecule has 3 rings (SSSR count). The standard InChI is InChI=1S/C32H33Cl6N5O6S/c1-19-13-20(2)24(41-30(47)43-26(15-22-11-7-4-8-12-22)28(45)49-39-17-31(33,34)35)16-23(19)40-29(46)42-25(14-21-9-5-3-6-10-21)27(44)48-18-50-32(36,37)38/h3-13,16,25-26,39H,14-15,17-18H2,1-2H3,(H2,40,42,46)(H2,41,43,47)/t25-,26-/m0/s1. The average molecular weight is 828 g/mol. The summed E-state index contributed by atoms with van der Waals surface area (Å²) in [5, 5.41) is 10.7. The lowest BCUT2D eigenvalue weighted by Crippen LogP contribution is -2.47. The van der Waals surface area contributed by atoms with E-state index in [1.807, 2.05) is 12.1 Å². The monoisotopic (exact) mass is 825 g/mol. The van der Waals surface area contributed by atoms with E-state index in [-0.39, 0.29) is 25.3 Å². The van der Waals surface area contributed by atoms with E-state index in [4.69, 9.17) is 79.2 Å². The highest BCUT2D eigenvalue weighted by Gasteiger charge is 2.28. The Labute approximate surface area is 323 Å². The second kappa shape index (κ2) is 19.7. The maximum absolute atomic E-state index is 13.2. The molecular formula is C32H33Cl6N5O6S. The number of hydroxylamine groups is 1. The van der Waals surface area contributed by atoms with Crippen molar-refractivity contribution >= 4 is 117 Å². The van der Waals surface area contributed by atoms with Crippen LogP contribution in [0.2, 0.25) is 0 Å². The number of urea groups is 2. The molecule has 0 radical (unpaired) electrons. The molecule has 0 aromatic heterocycles. The molecule has 0 spiro atoms. The van der Waals surface area contributed by atoms with Gasteiger partial charge < -0.3 is 30.8 Å². The Morgan fingerprint density at radius 1 is 0.700 bits per heavy atom. The quantitative estimate of drug-likeness (QED) is 0.0480. The largest absolute Gasteiger partial charge is 0.453 e. The van der Waals surface area contributed by atoms with Crippen LogP contribution in [0.1, 0.15) is 22.3 Å². The van der Waals surface area contributed by atoms with Crippen molar-refractivity contribution in [2.24, 2.45) is 0 Å². The lowest BCUT2D eigenvalue weighted by atomic mass is 10.1. The Morgan fingerprint density at radius 3 is 1.60 bits per heavy atom. The minimum Gasteiger partial charge on any atom is -0.453 e. The smallest absolute Gasteiger partial charge is 0.347 e. The summed E-state index contributed by atoms with van der Waals surface area (Å²) in [6.07, 6.45) is 0.218. The first-order chi connectivity index (χ1) is 23.5. The van der Waals surface area contributed by atoms with Crippen LogP contribution in [0.25, 0.3) is 0 Å². The summed E-state index contributed by atoms with van der Waals surface area (Å²) in [5.41, 5.74) is 5.79. The number of aryl methyl sites for hydroxylation is 2. The molecule has 50 heavy (non-hydrogen) atoms. The lowest BCUT2D eigenvalue weighted by molar-refractivity contribution is -0.153. The van der Waals surface area contributed by atoms with E-state index in [1.165, 1.54) is 0 Å². The molecule has 0 saturated carbocycles. The van der Waals surface area contributed by atoms with Crippen molar-refractivity contribution in [3.8, 4) is 0 Å². The van der Waals surface area contributed by atoms with Gasteiger partial charge in [-0.25, -0.2) is 19.2 Å². The number of benzene rings is 3. The summed E-state index contributed by atoms with van der Waals surface area (Å²) in [5.74, 6) is -1.82. The number of nitrogens with one attached hydrogen (secondary N) is 5. The van der Waals surface area contributed by atoms with E-state index in [2.05, 4.69) is 26.7 Å². The first-order valence-corrected chi connectivity index (χ1v) is 18.0. The van der Waals surface area contributed by atoms with Gasteiger partial charge in [-0.2, -0.15) is 0 Å². The Bertz CT molecular complexity index is 1500. The highest BCUT2D eigenvalue weighted by Crippen LogP contribution is 2.38. The Morgan fingerprint density at radius 2 is 1.16 bits per heavy atom. The zero-order valence-corrected chi connectivity index (χ0v) is 31.9. The fourth-order valence-electron chi connectivity index (χ4n) is 4.36. The van der Waals surface area contributed by atoms with Gasteiger partial charge in [0.05, 0.1) is 6.54 Å². The molecule has 0 saturated heterocycles. The minimum atomic E-state index is -1.72. The van der Waals surface area contributed by atoms with Gasteiger partial charge in [0.15, 0.2) is 0 Å². The number of rotatable bonds is 14. The molecule has 3 aromatic carbocycles. The van der Waals surface area contributed by atoms with Crippen molar-refractivity contribution < 1.29 is 28.8 Å². The molecule has 0 bridgehead atoms. The second-order valence-electron chi connectivity index (χ2n) is 10.7. The van der Waals surface area contributed by atoms with Gasteiger partial charge >= 0.3 is 24.0 Å². The molecule has 0 aliphatic carbocycles. The third-order valence-corrected chi connectivity index (χ3v) is 8.63. The predicted octanol–water partition coefficient (Wildman–Crippen LogP) is 7.75. The number of alkyl halides is 6. The highest BCUT2D eigenvalue weighted by molar-refractivity contribution is 8.04. The van der Waals surface area contributed by atoms with Crippen LogP contribution in [0.5, 0.6) is 0 Å². The van der Waals surface area contributed by atoms with Crippen molar-refractivity contribution in [2.75, 3.05) is 23.1 Å². The number of amides is 4. The summed E-state index contributed by atoms with van der Waals surface area (Å²) in [4.78, 5) is 57.2. The Hall–Kier alpha value is -2.81. The first-order valence-electron chi connectivity index (χ1n) is 14.7. The van der Waals surface area contributed by atoms with E-state index in [0.717, 1.165) is 22.9 Å². The molecule has 0 heterocycles. The highest BCUT2D eigenvalue weighted by atomic mass is 35.6. The van der Waals surface area contributed by atoms with Crippen molar-refractivity contribution in [1.29, 1.82) is 0 Å². The fourth-order valence-corrected chi connectivity index (χ4v) is 5.23. The molecule has 3 aromatic rings. The molecule has 0 aliphatic heterocycles. The van der Waals surface area contributed by atoms with E-state index < -0.39 is 43.0 Å². The topological polar surface area (TPSA) is 147 Å². The number of hydrogen-bond donors (Lipinski definition) is 5. The molecule has 5 N–H and O–H groups in total. The number of carbonyl (C=O) groups is 4. The van der Waals surface area contributed by atoms with Crippen LogP contribution < -0.4 is 26.7 Å². The molecule has 18 heteroatoms. The molecule has 11 nitrogen and oxygen atoms in total.